The summed E-state index contributed by atoms with van der Waals surface area (Å²) in [4.78, 5) is 28.7. The van der Waals surface area contributed by atoms with Crippen molar-refractivity contribution < 1.29 is 18.7 Å². The number of aryl methyl sites for hydroxylation is 2. The van der Waals surface area contributed by atoms with Gasteiger partial charge in [-0.25, -0.2) is 4.39 Å². The van der Waals surface area contributed by atoms with Gasteiger partial charge in [0.1, 0.15) is 0 Å². The molecule has 0 radical (unpaired) electrons. The van der Waals surface area contributed by atoms with Crippen molar-refractivity contribution in [1.29, 1.82) is 0 Å². The molecule has 1 heterocycles. The molecule has 6 nitrogen and oxygen atoms in total. The average molecular weight is 399 g/mol. The SMILES string of the molecule is COc1ccc(C(=O)N2CCN(CC(=O)Nc3c(C)cccc3C)CC2)cc1F. The van der Waals surface area contributed by atoms with E-state index in [2.05, 4.69) is 5.32 Å². The van der Waals surface area contributed by atoms with Gasteiger partial charge in [-0.3, -0.25) is 14.5 Å². The molecule has 154 valence electrons. The quantitative estimate of drug-likeness (QED) is 0.840. The summed E-state index contributed by atoms with van der Waals surface area (Å²) in [5, 5.41) is 2.99. The lowest BCUT2D eigenvalue weighted by Gasteiger charge is -2.34. The van der Waals surface area contributed by atoms with E-state index in [1.165, 1.54) is 19.2 Å². The predicted octanol–water partition coefficient (Wildman–Crippen LogP) is 2.85. The number of benzene rings is 2. The maximum absolute atomic E-state index is 13.9. The van der Waals surface area contributed by atoms with Crippen molar-refractivity contribution in [2.24, 2.45) is 0 Å². The number of ether oxygens (including phenoxy) is 1. The minimum absolute atomic E-state index is 0.0700. The molecule has 0 aromatic heterocycles. The zero-order valence-electron chi connectivity index (χ0n) is 17.0. The summed E-state index contributed by atoms with van der Waals surface area (Å²) in [6.07, 6.45) is 0. The van der Waals surface area contributed by atoms with Crippen LogP contribution in [-0.4, -0.2) is 61.4 Å². The Morgan fingerprint density at radius 2 is 1.72 bits per heavy atom. The topological polar surface area (TPSA) is 61.9 Å². The summed E-state index contributed by atoms with van der Waals surface area (Å²) >= 11 is 0. The third-order valence-corrected chi connectivity index (χ3v) is 5.17. The van der Waals surface area contributed by atoms with Crippen LogP contribution in [-0.2, 0) is 4.79 Å². The van der Waals surface area contributed by atoms with E-state index in [9.17, 15) is 14.0 Å². The summed E-state index contributed by atoms with van der Waals surface area (Å²) in [6, 6.07) is 10.1. The number of amides is 2. The number of carbonyl (C=O) groups excluding carboxylic acids is 2. The maximum Gasteiger partial charge on any atom is 0.254 e. The second kappa shape index (κ2) is 9.05. The summed E-state index contributed by atoms with van der Waals surface area (Å²) in [5.41, 5.74) is 3.21. The minimum atomic E-state index is -0.555. The zero-order valence-corrected chi connectivity index (χ0v) is 17.0. The van der Waals surface area contributed by atoms with E-state index >= 15 is 0 Å². The molecule has 0 unspecified atom stereocenters. The van der Waals surface area contributed by atoms with Crippen molar-refractivity contribution >= 4 is 17.5 Å². The van der Waals surface area contributed by atoms with Gasteiger partial charge in [-0.2, -0.15) is 0 Å². The Bertz CT molecular complexity index is 888. The van der Waals surface area contributed by atoms with E-state index < -0.39 is 5.82 Å². The summed E-state index contributed by atoms with van der Waals surface area (Å²) in [5.74, 6) is -0.730. The van der Waals surface area contributed by atoms with E-state index in [1.54, 1.807) is 11.0 Å². The van der Waals surface area contributed by atoms with Crippen LogP contribution in [0.5, 0.6) is 5.75 Å². The number of methoxy groups -OCH3 is 1. The van der Waals surface area contributed by atoms with Gasteiger partial charge >= 0.3 is 0 Å². The highest BCUT2D eigenvalue weighted by atomic mass is 19.1. The van der Waals surface area contributed by atoms with E-state index in [-0.39, 0.29) is 24.1 Å². The van der Waals surface area contributed by atoms with Crippen LogP contribution >= 0.6 is 0 Å². The fourth-order valence-electron chi connectivity index (χ4n) is 3.48. The van der Waals surface area contributed by atoms with Gasteiger partial charge in [-0.05, 0) is 43.2 Å². The summed E-state index contributed by atoms with van der Waals surface area (Å²) in [6.45, 7) is 6.36. The Labute approximate surface area is 170 Å². The van der Waals surface area contributed by atoms with Gasteiger partial charge in [0.2, 0.25) is 5.91 Å². The van der Waals surface area contributed by atoms with Gasteiger partial charge in [-0.1, -0.05) is 18.2 Å². The Kier molecular flexibility index (Phi) is 6.49. The van der Waals surface area contributed by atoms with Crippen molar-refractivity contribution in [2.45, 2.75) is 13.8 Å². The number of hydrogen-bond donors (Lipinski definition) is 1. The van der Waals surface area contributed by atoms with Crippen LogP contribution < -0.4 is 10.1 Å². The molecule has 0 aliphatic carbocycles. The first kappa shape index (κ1) is 20.8. The second-order valence-corrected chi connectivity index (χ2v) is 7.23. The molecule has 2 aromatic carbocycles. The van der Waals surface area contributed by atoms with Crippen LogP contribution in [0, 0.1) is 19.7 Å². The molecule has 1 N–H and O–H groups in total. The lowest BCUT2D eigenvalue weighted by atomic mass is 10.1. The van der Waals surface area contributed by atoms with E-state index in [4.69, 9.17) is 4.74 Å². The maximum atomic E-state index is 13.9. The molecule has 3 rings (SSSR count). The van der Waals surface area contributed by atoms with Gasteiger partial charge in [0.15, 0.2) is 11.6 Å². The van der Waals surface area contributed by atoms with Crippen LogP contribution in [0.1, 0.15) is 21.5 Å². The Balaban J connectivity index is 1.53. The van der Waals surface area contributed by atoms with Gasteiger partial charge in [0.25, 0.3) is 5.91 Å². The molecule has 0 bridgehead atoms. The fourth-order valence-corrected chi connectivity index (χ4v) is 3.48. The molecule has 29 heavy (non-hydrogen) atoms. The molecule has 1 aliphatic rings. The van der Waals surface area contributed by atoms with E-state index in [1.807, 2.05) is 36.9 Å². The molecular weight excluding hydrogens is 373 g/mol. The van der Waals surface area contributed by atoms with Crippen LogP contribution in [0.15, 0.2) is 36.4 Å². The van der Waals surface area contributed by atoms with Gasteiger partial charge in [0.05, 0.1) is 13.7 Å². The molecule has 0 atom stereocenters. The summed E-state index contributed by atoms with van der Waals surface area (Å²) < 4.78 is 18.8. The number of anilines is 1. The van der Waals surface area contributed by atoms with Gasteiger partial charge in [0, 0.05) is 37.4 Å². The smallest absolute Gasteiger partial charge is 0.254 e. The average Bonchev–Trinajstić information content (AvgIpc) is 2.71. The monoisotopic (exact) mass is 399 g/mol. The fraction of sp³-hybridized carbons (Fsp3) is 0.364. The first-order valence-corrected chi connectivity index (χ1v) is 9.60. The van der Waals surface area contributed by atoms with Gasteiger partial charge < -0.3 is 15.0 Å². The number of carbonyl (C=O) groups is 2. The largest absolute Gasteiger partial charge is 0.494 e. The minimum Gasteiger partial charge on any atom is -0.494 e. The Hall–Kier alpha value is -2.93. The number of piperazine rings is 1. The Morgan fingerprint density at radius 1 is 1.07 bits per heavy atom. The molecule has 1 fully saturated rings. The molecule has 0 spiro atoms. The number of rotatable bonds is 5. The van der Waals surface area contributed by atoms with Crippen LogP contribution in [0.4, 0.5) is 10.1 Å². The number of hydrogen-bond acceptors (Lipinski definition) is 4. The highest BCUT2D eigenvalue weighted by molar-refractivity contribution is 5.95. The molecule has 2 aromatic rings. The van der Waals surface area contributed by atoms with Crippen molar-refractivity contribution in [1.82, 2.24) is 9.80 Å². The number of nitrogens with zero attached hydrogens (tertiary/aromatic N) is 2. The molecule has 7 heteroatoms. The Morgan fingerprint density at radius 3 is 2.31 bits per heavy atom. The van der Waals surface area contributed by atoms with Crippen LogP contribution in [0.2, 0.25) is 0 Å². The van der Waals surface area contributed by atoms with Crippen LogP contribution in [0.3, 0.4) is 0 Å². The van der Waals surface area contributed by atoms with E-state index in [0.717, 1.165) is 16.8 Å². The van der Waals surface area contributed by atoms with Crippen molar-refractivity contribution in [2.75, 3.05) is 45.2 Å². The predicted molar refractivity (Wildman–Crippen MR) is 110 cm³/mol. The van der Waals surface area contributed by atoms with Gasteiger partial charge in [-0.15, -0.1) is 0 Å². The van der Waals surface area contributed by atoms with Crippen molar-refractivity contribution in [3.8, 4) is 5.75 Å². The zero-order chi connectivity index (χ0) is 21.0. The number of halogens is 1. The molecule has 1 aliphatic heterocycles. The van der Waals surface area contributed by atoms with E-state index in [0.29, 0.717) is 31.7 Å². The van der Waals surface area contributed by atoms with Crippen LogP contribution in [0.25, 0.3) is 0 Å². The normalized spacial score (nSPS) is 14.6. The highest BCUT2D eigenvalue weighted by Gasteiger charge is 2.24. The van der Waals surface area contributed by atoms with Crippen molar-refractivity contribution in [3.05, 3.63) is 58.9 Å². The molecule has 1 saturated heterocycles. The third-order valence-electron chi connectivity index (χ3n) is 5.17. The van der Waals surface area contributed by atoms with Crippen molar-refractivity contribution in [3.63, 3.8) is 0 Å². The standard InChI is InChI=1S/C22H26FN3O3/c1-15-5-4-6-16(2)21(15)24-20(27)14-25-9-11-26(12-10-25)22(28)17-7-8-19(29-3)18(23)13-17/h4-8,13H,9-12,14H2,1-3H3,(H,24,27). The molecular formula is C22H26FN3O3. The molecule has 2 amide bonds. The first-order chi connectivity index (χ1) is 13.9. The lowest BCUT2D eigenvalue weighted by Crippen LogP contribution is -2.50. The highest BCUT2D eigenvalue weighted by Crippen LogP contribution is 2.20. The summed E-state index contributed by atoms with van der Waals surface area (Å²) in [7, 11) is 1.38. The number of para-hydroxylation sites is 1. The molecule has 0 saturated carbocycles. The second-order valence-electron chi connectivity index (χ2n) is 7.23. The lowest BCUT2D eigenvalue weighted by molar-refractivity contribution is -0.117. The first-order valence-electron chi connectivity index (χ1n) is 9.60. The number of nitrogens with one attached hydrogen (secondary N) is 1. The third kappa shape index (κ3) is 4.92.